The number of aromatic nitrogens is 3. The minimum absolute atomic E-state index is 0.403. The number of pyridine rings is 1. The number of nitrogens with one attached hydrogen (secondary N) is 1. The van der Waals surface area contributed by atoms with Gasteiger partial charge in [-0.15, -0.1) is 0 Å². The average Bonchev–Trinajstić information content (AvgIpc) is 2.47. The first-order valence-corrected chi connectivity index (χ1v) is 7.90. The Morgan fingerprint density at radius 2 is 2.05 bits per heavy atom. The van der Waals surface area contributed by atoms with Crippen molar-refractivity contribution in [3.8, 4) is 0 Å². The van der Waals surface area contributed by atoms with Gasteiger partial charge in [-0.3, -0.25) is 9.88 Å². The Bertz CT molecular complexity index is 574. The zero-order chi connectivity index (χ0) is 15.4. The number of hydrogen-bond acceptors (Lipinski definition) is 5. The molecule has 116 valence electrons. The molecule has 22 heavy (non-hydrogen) atoms. The summed E-state index contributed by atoms with van der Waals surface area (Å²) in [6.07, 6.45) is 4.16. The molecule has 1 N–H and O–H groups in total. The molecule has 1 saturated heterocycles. The molecule has 2 aromatic heterocycles. The lowest BCUT2D eigenvalue weighted by atomic mass is 10.1. The third-order valence-corrected chi connectivity index (χ3v) is 3.97. The highest BCUT2D eigenvalue weighted by Gasteiger charge is 2.20. The molecule has 0 spiro atoms. The topological polar surface area (TPSA) is 53.9 Å². The van der Waals surface area contributed by atoms with Crippen LogP contribution in [0.4, 0.5) is 5.95 Å². The van der Waals surface area contributed by atoms with Gasteiger partial charge in [0.05, 0.1) is 5.69 Å². The summed E-state index contributed by atoms with van der Waals surface area (Å²) in [7, 11) is 0. The maximum atomic E-state index is 4.60. The van der Waals surface area contributed by atoms with Gasteiger partial charge < -0.3 is 5.32 Å². The summed E-state index contributed by atoms with van der Waals surface area (Å²) in [5, 5.41) is 3.46. The van der Waals surface area contributed by atoms with E-state index in [0.717, 1.165) is 49.1 Å². The number of piperidine rings is 1. The molecule has 1 fully saturated rings. The molecule has 0 saturated carbocycles. The lowest BCUT2D eigenvalue weighted by Gasteiger charge is -2.32. The van der Waals surface area contributed by atoms with E-state index in [1.165, 1.54) is 6.42 Å². The highest BCUT2D eigenvalue weighted by Crippen LogP contribution is 2.16. The standard InChI is InChI=1S/C17H23N5/c1-13-5-3-6-15(19-13)11-22-10-4-7-16(12-22)21-17-18-9-8-14(2)20-17/h3,5-6,8-9,16H,4,7,10-12H2,1-2H3,(H,18,20,21). The van der Waals surface area contributed by atoms with Crippen LogP contribution in [0.15, 0.2) is 30.5 Å². The van der Waals surface area contributed by atoms with Gasteiger partial charge in [0.25, 0.3) is 0 Å². The quantitative estimate of drug-likeness (QED) is 0.940. The maximum Gasteiger partial charge on any atom is 0.223 e. The van der Waals surface area contributed by atoms with Crippen LogP contribution < -0.4 is 5.32 Å². The van der Waals surface area contributed by atoms with Crippen molar-refractivity contribution in [2.75, 3.05) is 18.4 Å². The van der Waals surface area contributed by atoms with Crippen molar-refractivity contribution in [3.05, 3.63) is 47.5 Å². The Kier molecular flexibility index (Phi) is 4.63. The molecule has 0 bridgehead atoms. The van der Waals surface area contributed by atoms with Crippen LogP contribution in [0.3, 0.4) is 0 Å². The molecular formula is C17H23N5. The van der Waals surface area contributed by atoms with Gasteiger partial charge in [0, 0.05) is 36.7 Å². The molecule has 0 amide bonds. The molecule has 1 aliphatic heterocycles. The Hall–Kier alpha value is -2.01. The fourth-order valence-corrected chi connectivity index (χ4v) is 2.93. The van der Waals surface area contributed by atoms with E-state index in [1.807, 2.05) is 32.2 Å². The van der Waals surface area contributed by atoms with Gasteiger partial charge in [0.1, 0.15) is 0 Å². The second-order valence-electron chi connectivity index (χ2n) is 6.01. The molecule has 2 aromatic rings. The van der Waals surface area contributed by atoms with Crippen LogP contribution in [0.2, 0.25) is 0 Å². The number of likely N-dealkylation sites (tertiary alicyclic amines) is 1. The molecule has 3 heterocycles. The first-order chi connectivity index (χ1) is 10.7. The van der Waals surface area contributed by atoms with E-state index in [0.29, 0.717) is 6.04 Å². The summed E-state index contributed by atoms with van der Waals surface area (Å²) in [4.78, 5) is 15.8. The minimum atomic E-state index is 0.403. The van der Waals surface area contributed by atoms with Crippen molar-refractivity contribution in [3.63, 3.8) is 0 Å². The Morgan fingerprint density at radius 3 is 2.86 bits per heavy atom. The third-order valence-electron chi connectivity index (χ3n) is 3.97. The van der Waals surface area contributed by atoms with Crippen LogP contribution in [-0.2, 0) is 6.54 Å². The zero-order valence-corrected chi connectivity index (χ0v) is 13.3. The summed E-state index contributed by atoms with van der Waals surface area (Å²) < 4.78 is 0. The number of rotatable bonds is 4. The molecule has 0 aliphatic carbocycles. The van der Waals surface area contributed by atoms with Gasteiger partial charge in [-0.05, 0) is 51.4 Å². The highest BCUT2D eigenvalue weighted by molar-refractivity contribution is 5.26. The van der Waals surface area contributed by atoms with Crippen LogP contribution in [0, 0.1) is 13.8 Å². The lowest BCUT2D eigenvalue weighted by Crippen LogP contribution is -2.42. The summed E-state index contributed by atoms with van der Waals surface area (Å²) in [6.45, 7) is 7.08. The van der Waals surface area contributed by atoms with E-state index in [4.69, 9.17) is 0 Å². The van der Waals surface area contributed by atoms with Gasteiger partial charge in [0.2, 0.25) is 5.95 Å². The molecule has 5 nitrogen and oxygen atoms in total. The second kappa shape index (κ2) is 6.83. The van der Waals surface area contributed by atoms with Crippen LogP contribution in [-0.4, -0.2) is 39.0 Å². The van der Waals surface area contributed by atoms with Crippen molar-refractivity contribution >= 4 is 5.95 Å². The van der Waals surface area contributed by atoms with Crippen molar-refractivity contribution in [2.24, 2.45) is 0 Å². The Balaban J connectivity index is 1.59. The molecule has 0 radical (unpaired) electrons. The van der Waals surface area contributed by atoms with Gasteiger partial charge in [-0.2, -0.15) is 0 Å². The van der Waals surface area contributed by atoms with Gasteiger partial charge in [0.15, 0.2) is 0 Å². The van der Waals surface area contributed by atoms with Crippen molar-refractivity contribution in [2.45, 2.75) is 39.3 Å². The normalized spacial score (nSPS) is 19.1. The smallest absolute Gasteiger partial charge is 0.223 e. The van der Waals surface area contributed by atoms with Crippen LogP contribution in [0.5, 0.6) is 0 Å². The summed E-state index contributed by atoms with van der Waals surface area (Å²) in [6, 6.07) is 8.55. The molecular weight excluding hydrogens is 274 g/mol. The van der Waals surface area contributed by atoms with Gasteiger partial charge in [-0.1, -0.05) is 6.07 Å². The van der Waals surface area contributed by atoms with Crippen molar-refractivity contribution < 1.29 is 0 Å². The van der Waals surface area contributed by atoms with Crippen LogP contribution in [0.25, 0.3) is 0 Å². The number of hydrogen-bond donors (Lipinski definition) is 1. The number of nitrogens with zero attached hydrogens (tertiary/aromatic N) is 4. The largest absolute Gasteiger partial charge is 0.350 e. The summed E-state index contributed by atoms with van der Waals surface area (Å²) >= 11 is 0. The van der Waals surface area contributed by atoms with E-state index in [1.54, 1.807) is 0 Å². The van der Waals surface area contributed by atoms with Gasteiger partial charge >= 0.3 is 0 Å². The molecule has 3 rings (SSSR count). The summed E-state index contributed by atoms with van der Waals surface area (Å²) in [5.41, 5.74) is 3.22. The predicted molar refractivity (Wildman–Crippen MR) is 87.7 cm³/mol. The van der Waals surface area contributed by atoms with Crippen LogP contribution >= 0.6 is 0 Å². The monoisotopic (exact) mass is 297 g/mol. The minimum Gasteiger partial charge on any atom is -0.350 e. The van der Waals surface area contributed by atoms with E-state index in [2.05, 4.69) is 37.3 Å². The molecule has 1 unspecified atom stereocenters. The van der Waals surface area contributed by atoms with Gasteiger partial charge in [-0.25, -0.2) is 9.97 Å². The summed E-state index contributed by atoms with van der Waals surface area (Å²) in [5.74, 6) is 0.737. The fourth-order valence-electron chi connectivity index (χ4n) is 2.93. The van der Waals surface area contributed by atoms with Crippen LogP contribution in [0.1, 0.15) is 29.9 Å². The number of aryl methyl sites for hydroxylation is 2. The number of anilines is 1. The first kappa shape index (κ1) is 14.9. The van der Waals surface area contributed by atoms with Crippen molar-refractivity contribution in [1.82, 2.24) is 19.9 Å². The zero-order valence-electron chi connectivity index (χ0n) is 13.3. The highest BCUT2D eigenvalue weighted by atomic mass is 15.2. The SMILES string of the molecule is Cc1cccc(CN2CCCC(Nc3nccc(C)n3)C2)n1. The molecule has 0 aromatic carbocycles. The maximum absolute atomic E-state index is 4.60. The molecule has 1 aliphatic rings. The molecule has 5 heteroatoms. The Labute approximate surface area is 131 Å². The average molecular weight is 297 g/mol. The lowest BCUT2D eigenvalue weighted by molar-refractivity contribution is 0.206. The van der Waals surface area contributed by atoms with E-state index in [9.17, 15) is 0 Å². The Morgan fingerprint density at radius 1 is 1.18 bits per heavy atom. The van der Waals surface area contributed by atoms with E-state index < -0.39 is 0 Å². The first-order valence-electron chi connectivity index (χ1n) is 7.90. The van der Waals surface area contributed by atoms with Crippen molar-refractivity contribution in [1.29, 1.82) is 0 Å². The van der Waals surface area contributed by atoms with E-state index >= 15 is 0 Å². The van der Waals surface area contributed by atoms with E-state index in [-0.39, 0.29) is 0 Å². The fraction of sp³-hybridized carbons (Fsp3) is 0.471. The second-order valence-corrected chi connectivity index (χ2v) is 6.01. The third kappa shape index (κ3) is 4.01. The predicted octanol–water partition coefficient (Wildman–Crippen LogP) is 2.56. The molecule has 1 atom stereocenters.